The van der Waals surface area contributed by atoms with Crippen molar-refractivity contribution >= 4 is 5.69 Å². The minimum absolute atomic E-state index is 0.912. The Hall–Kier alpha value is -1.38. The van der Waals surface area contributed by atoms with E-state index in [2.05, 4.69) is 43.2 Å². The number of hydrogen-bond donors (Lipinski definition) is 0. The molecule has 1 aromatic rings. The number of unbranched alkanes of at least 4 members (excludes halogenated alkanes) is 1. The van der Waals surface area contributed by atoms with Gasteiger partial charge in [-0.2, -0.15) is 0 Å². The molecule has 3 heteroatoms. The van der Waals surface area contributed by atoms with Crippen LogP contribution in [0.25, 0.3) is 0 Å². The Balaban J connectivity index is 2.53. The van der Waals surface area contributed by atoms with Crippen LogP contribution in [0.1, 0.15) is 32.3 Å². The lowest BCUT2D eigenvalue weighted by atomic mass is 10.2. The zero-order valence-electron chi connectivity index (χ0n) is 10.5. The minimum Gasteiger partial charge on any atom is -0.279 e. The maximum absolute atomic E-state index is 4.24. The van der Waals surface area contributed by atoms with E-state index in [1.807, 2.05) is 17.1 Å². The summed E-state index contributed by atoms with van der Waals surface area (Å²) in [5, 5.41) is 10.5. The summed E-state index contributed by atoms with van der Waals surface area (Å²) in [5.74, 6) is 0. The van der Waals surface area contributed by atoms with Crippen LogP contribution in [0.15, 0.2) is 34.6 Å². The molecule has 16 heavy (non-hydrogen) atoms. The lowest BCUT2D eigenvalue weighted by Gasteiger charge is -2.13. The van der Waals surface area contributed by atoms with Crippen molar-refractivity contribution in [1.82, 2.24) is 5.01 Å². The van der Waals surface area contributed by atoms with E-state index in [1.54, 1.807) is 0 Å². The zero-order valence-corrected chi connectivity index (χ0v) is 10.5. The second-order valence-corrected chi connectivity index (χ2v) is 3.92. The molecule has 0 aliphatic rings. The molecule has 0 N–H and O–H groups in total. The second-order valence-electron chi connectivity index (χ2n) is 3.92. The molecular formula is C13H21N3. The topological polar surface area (TPSA) is 28.0 Å². The normalized spacial score (nSPS) is 10.9. The van der Waals surface area contributed by atoms with Gasteiger partial charge in [0.2, 0.25) is 0 Å². The molecular weight excluding hydrogens is 198 g/mol. The zero-order chi connectivity index (χ0) is 11.8. The molecule has 0 heterocycles. The van der Waals surface area contributed by atoms with Crippen molar-refractivity contribution in [3.63, 3.8) is 0 Å². The quantitative estimate of drug-likeness (QED) is 0.522. The van der Waals surface area contributed by atoms with E-state index < -0.39 is 0 Å². The summed E-state index contributed by atoms with van der Waals surface area (Å²) in [4.78, 5) is 0. The number of nitrogens with zero attached hydrogens (tertiary/aromatic N) is 3. The fraction of sp³-hybridized carbons (Fsp3) is 0.538. The minimum atomic E-state index is 0.912. The van der Waals surface area contributed by atoms with Gasteiger partial charge in [-0.05, 0) is 32.4 Å². The Morgan fingerprint density at radius 1 is 1.12 bits per heavy atom. The predicted molar refractivity (Wildman–Crippen MR) is 67.9 cm³/mol. The van der Waals surface area contributed by atoms with Gasteiger partial charge in [-0.3, -0.25) is 5.01 Å². The van der Waals surface area contributed by atoms with Crippen LogP contribution >= 0.6 is 0 Å². The number of rotatable bonds is 6. The van der Waals surface area contributed by atoms with Gasteiger partial charge in [-0.1, -0.05) is 36.3 Å². The van der Waals surface area contributed by atoms with E-state index in [0.717, 1.165) is 18.8 Å². The SMILES string of the molecule is CCCCN(CC)N=Nc1ccc(C)cc1. The molecule has 0 fully saturated rings. The van der Waals surface area contributed by atoms with Crippen LogP contribution in [0.3, 0.4) is 0 Å². The molecule has 0 bridgehead atoms. The summed E-state index contributed by atoms with van der Waals surface area (Å²) in [6, 6.07) is 8.09. The first kappa shape index (κ1) is 12.7. The van der Waals surface area contributed by atoms with Crippen LogP contribution in [0.5, 0.6) is 0 Å². The summed E-state index contributed by atoms with van der Waals surface area (Å²) < 4.78 is 0. The van der Waals surface area contributed by atoms with Crippen LogP contribution in [-0.2, 0) is 0 Å². The molecule has 0 amide bonds. The molecule has 0 saturated heterocycles. The molecule has 1 aromatic carbocycles. The summed E-state index contributed by atoms with van der Waals surface area (Å²) in [5.41, 5.74) is 2.16. The second kappa shape index (κ2) is 6.99. The molecule has 1 rings (SSSR count). The van der Waals surface area contributed by atoms with Gasteiger partial charge in [-0.15, -0.1) is 5.11 Å². The van der Waals surface area contributed by atoms with Gasteiger partial charge in [0.25, 0.3) is 0 Å². The maximum atomic E-state index is 4.24. The molecule has 0 aliphatic carbocycles. The molecule has 0 aliphatic heterocycles. The van der Waals surface area contributed by atoms with Crippen molar-refractivity contribution in [1.29, 1.82) is 0 Å². The van der Waals surface area contributed by atoms with Gasteiger partial charge in [0, 0.05) is 13.1 Å². The largest absolute Gasteiger partial charge is 0.279 e. The number of hydrogen-bond acceptors (Lipinski definition) is 2. The van der Waals surface area contributed by atoms with Crippen molar-refractivity contribution < 1.29 is 0 Å². The Kier molecular flexibility index (Phi) is 5.54. The average Bonchev–Trinajstić information content (AvgIpc) is 2.32. The Bertz CT molecular complexity index is 316. The van der Waals surface area contributed by atoms with E-state index in [9.17, 15) is 0 Å². The average molecular weight is 219 g/mol. The van der Waals surface area contributed by atoms with Gasteiger partial charge in [0.1, 0.15) is 0 Å². The lowest BCUT2D eigenvalue weighted by Crippen LogP contribution is -2.17. The third-order valence-electron chi connectivity index (χ3n) is 2.46. The van der Waals surface area contributed by atoms with Crippen LogP contribution < -0.4 is 0 Å². The third-order valence-corrected chi connectivity index (χ3v) is 2.46. The number of aryl methyl sites for hydroxylation is 1. The van der Waals surface area contributed by atoms with Crippen molar-refractivity contribution in [2.75, 3.05) is 13.1 Å². The summed E-state index contributed by atoms with van der Waals surface area (Å²) in [6.07, 6.45) is 2.36. The third kappa shape index (κ3) is 4.43. The molecule has 0 aromatic heterocycles. The van der Waals surface area contributed by atoms with E-state index in [4.69, 9.17) is 0 Å². The van der Waals surface area contributed by atoms with Crippen molar-refractivity contribution in [3.8, 4) is 0 Å². The molecule has 0 unspecified atom stereocenters. The van der Waals surface area contributed by atoms with Crippen molar-refractivity contribution in [3.05, 3.63) is 29.8 Å². The van der Waals surface area contributed by atoms with Gasteiger partial charge >= 0.3 is 0 Å². The van der Waals surface area contributed by atoms with Gasteiger partial charge in [-0.25, -0.2) is 0 Å². The Labute approximate surface area is 98.2 Å². The van der Waals surface area contributed by atoms with Crippen LogP contribution in [0, 0.1) is 6.92 Å². The van der Waals surface area contributed by atoms with Gasteiger partial charge in [0.05, 0.1) is 5.69 Å². The summed E-state index contributed by atoms with van der Waals surface area (Å²) in [6.45, 7) is 8.26. The monoisotopic (exact) mass is 219 g/mol. The highest BCUT2D eigenvalue weighted by molar-refractivity contribution is 5.37. The van der Waals surface area contributed by atoms with E-state index in [0.29, 0.717) is 0 Å². The molecule has 3 nitrogen and oxygen atoms in total. The molecule has 0 saturated carbocycles. The molecule has 88 valence electrons. The first-order valence-corrected chi connectivity index (χ1v) is 5.99. The highest BCUT2D eigenvalue weighted by Gasteiger charge is 1.96. The van der Waals surface area contributed by atoms with Crippen molar-refractivity contribution in [2.45, 2.75) is 33.6 Å². The van der Waals surface area contributed by atoms with Gasteiger partial charge < -0.3 is 0 Å². The summed E-state index contributed by atoms with van der Waals surface area (Å²) >= 11 is 0. The fourth-order valence-corrected chi connectivity index (χ4v) is 1.33. The van der Waals surface area contributed by atoms with Crippen LogP contribution in [0.4, 0.5) is 5.69 Å². The summed E-state index contributed by atoms with van der Waals surface area (Å²) in [7, 11) is 0. The standard InChI is InChI=1S/C13H21N3/c1-4-6-11-16(5-2)15-14-13-9-7-12(3)8-10-13/h7-10H,4-6,11H2,1-3H3. The van der Waals surface area contributed by atoms with Crippen LogP contribution in [0.2, 0.25) is 0 Å². The maximum Gasteiger partial charge on any atom is 0.0874 e. The molecule has 0 spiro atoms. The van der Waals surface area contributed by atoms with E-state index >= 15 is 0 Å². The predicted octanol–water partition coefficient (Wildman–Crippen LogP) is 4.12. The highest BCUT2D eigenvalue weighted by atomic mass is 15.5. The highest BCUT2D eigenvalue weighted by Crippen LogP contribution is 2.13. The van der Waals surface area contributed by atoms with E-state index in [-0.39, 0.29) is 0 Å². The van der Waals surface area contributed by atoms with Crippen molar-refractivity contribution in [2.24, 2.45) is 10.3 Å². The van der Waals surface area contributed by atoms with Crippen LogP contribution in [-0.4, -0.2) is 18.1 Å². The fourth-order valence-electron chi connectivity index (χ4n) is 1.33. The Morgan fingerprint density at radius 2 is 1.81 bits per heavy atom. The first-order valence-electron chi connectivity index (χ1n) is 5.99. The lowest BCUT2D eigenvalue weighted by molar-refractivity contribution is 0.280. The number of benzene rings is 1. The van der Waals surface area contributed by atoms with Gasteiger partial charge in [0.15, 0.2) is 0 Å². The smallest absolute Gasteiger partial charge is 0.0874 e. The molecule has 0 atom stereocenters. The Morgan fingerprint density at radius 3 is 2.38 bits per heavy atom. The molecule has 0 radical (unpaired) electrons. The first-order chi connectivity index (χ1) is 7.76. The van der Waals surface area contributed by atoms with E-state index in [1.165, 1.54) is 18.4 Å².